The molecule has 296 valence electrons. The lowest BCUT2D eigenvalue weighted by molar-refractivity contribution is 0.305. The van der Waals surface area contributed by atoms with Gasteiger partial charge in [0.05, 0.1) is 18.2 Å². The topological polar surface area (TPSA) is 51.5 Å². The number of aryl methyl sites for hydroxylation is 2. The van der Waals surface area contributed by atoms with Gasteiger partial charge < -0.3 is 13.7 Å². The number of thiol groups is 1. The van der Waals surface area contributed by atoms with Crippen molar-refractivity contribution in [3.8, 4) is 56.7 Å². The maximum atomic E-state index is 8.85. The zero-order valence-electron chi connectivity index (χ0n) is 34.3. The summed E-state index contributed by atoms with van der Waals surface area (Å²) in [6.07, 6.45) is 4.63. The van der Waals surface area contributed by atoms with E-state index in [0.29, 0.717) is 18.8 Å². The lowest BCUT2D eigenvalue weighted by Gasteiger charge is -2.32. The van der Waals surface area contributed by atoms with Gasteiger partial charge in [0.25, 0.3) is 0 Å². The molecule has 4 nitrogen and oxygen atoms in total. The molecule has 0 saturated carbocycles. The maximum Gasteiger partial charge on any atom is 0.156 e. The highest BCUT2D eigenvalue weighted by Crippen LogP contribution is 2.55. The Kier molecular flexibility index (Phi) is 16.1. The van der Waals surface area contributed by atoms with Crippen molar-refractivity contribution in [2.75, 3.05) is 24.9 Å². The molecular formula is C52H53NO3S2. The highest BCUT2D eigenvalue weighted by Gasteiger charge is 2.20. The Balaban J connectivity index is 0.000000169. The van der Waals surface area contributed by atoms with Gasteiger partial charge >= 0.3 is 0 Å². The Morgan fingerprint density at radius 3 is 1.36 bits per heavy atom. The Labute approximate surface area is 353 Å². The summed E-state index contributed by atoms with van der Waals surface area (Å²) >= 11 is 4.08. The second kappa shape index (κ2) is 21.6. The monoisotopic (exact) mass is 803 g/mol. The second-order valence-corrected chi connectivity index (χ2v) is 18.4. The average molecular weight is 804 g/mol. The van der Waals surface area contributed by atoms with Gasteiger partial charge in [0.2, 0.25) is 0 Å². The van der Waals surface area contributed by atoms with Gasteiger partial charge in [0.15, 0.2) is 5.75 Å². The lowest BCUT2D eigenvalue weighted by Crippen LogP contribution is -2.01. The lowest BCUT2D eigenvalue weighted by atomic mass is 10.0. The number of para-hydroxylation sites is 3. The van der Waals surface area contributed by atoms with Gasteiger partial charge in [0.1, 0.15) is 18.1 Å². The van der Waals surface area contributed by atoms with Gasteiger partial charge in [-0.05, 0) is 90.6 Å². The van der Waals surface area contributed by atoms with E-state index in [-0.39, 0.29) is 0 Å². The third-order valence-corrected chi connectivity index (χ3v) is 13.0. The predicted molar refractivity (Wildman–Crippen MR) is 250 cm³/mol. The number of nitriles is 1. The molecule has 58 heavy (non-hydrogen) atoms. The number of nitrogens with zero attached hydrogens (tertiary/aromatic N) is 1. The molecule has 0 fully saturated rings. The summed E-state index contributed by atoms with van der Waals surface area (Å²) in [5, 5.41) is 8.85. The molecule has 0 aromatic heterocycles. The molecule has 0 aliphatic rings. The van der Waals surface area contributed by atoms with Gasteiger partial charge in [-0.1, -0.05) is 159 Å². The molecule has 0 aliphatic carbocycles. The van der Waals surface area contributed by atoms with Gasteiger partial charge in [-0.2, -0.15) is 5.26 Å². The molecule has 0 atom stereocenters. The van der Waals surface area contributed by atoms with Crippen molar-refractivity contribution in [2.45, 2.75) is 39.2 Å². The van der Waals surface area contributed by atoms with E-state index < -0.39 is 10.0 Å². The van der Waals surface area contributed by atoms with Gasteiger partial charge in [-0.3, -0.25) is 0 Å². The van der Waals surface area contributed by atoms with Crippen LogP contribution in [0.15, 0.2) is 175 Å². The van der Waals surface area contributed by atoms with Crippen LogP contribution in [0.5, 0.6) is 17.2 Å². The molecule has 7 aromatic rings. The standard InChI is InChI=1S/C21H17NO.C16H20OS2.C15H16O/c1-16-6-5-9-20(19-7-3-2-4-8-19)21(16)23-15-18-12-10-17(14-22)11-13-18;1-4-19(2,3)15-12-8-11-14(16(15)17-18)13-9-6-5-7-10-13;1-3-16-15-12(2)8-7-11-14(15)13-9-5-4-6-10-13/h2-13H,15H2,1H3;5-12,18H,4H2,1-3H3;4-11H,3H2,1-2H3. The van der Waals surface area contributed by atoms with Crippen molar-refractivity contribution < 1.29 is 13.7 Å². The van der Waals surface area contributed by atoms with Crippen LogP contribution in [0.1, 0.15) is 36.1 Å². The van der Waals surface area contributed by atoms with Crippen molar-refractivity contribution in [3.05, 3.63) is 192 Å². The summed E-state index contributed by atoms with van der Waals surface area (Å²) in [7, 11) is -0.845. The fourth-order valence-electron chi connectivity index (χ4n) is 6.40. The van der Waals surface area contributed by atoms with Crippen molar-refractivity contribution in [1.82, 2.24) is 0 Å². The summed E-state index contributed by atoms with van der Waals surface area (Å²) in [6, 6.07) is 59.3. The SMILES string of the molecule is CCOc1c(C)cccc1-c1ccccc1.CCS(C)(C)c1cccc(-c2ccccc2)c1OS.Cc1cccc(-c2ccccc2)c1OCc1ccc(C#N)cc1. The summed E-state index contributed by atoms with van der Waals surface area (Å²) < 4.78 is 17.3. The summed E-state index contributed by atoms with van der Waals surface area (Å²) in [5.41, 5.74) is 10.9. The van der Waals surface area contributed by atoms with Crippen LogP contribution in [0.4, 0.5) is 0 Å². The molecule has 0 amide bonds. The largest absolute Gasteiger partial charge is 0.493 e. The van der Waals surface area contributed by atoms with Gasteiger partial charge in [0, 0.05) is 34.5 Å². The molecule has 0 aliphatic heterocycles. The molecule has 6 heteroatoms. The maximum absolute atomic E-state index is 8.85. The molecule has 0 bridgehead atoms. The molecule has 7 aromatic carbocycles. The molecule has 0 heterocycles. The smallest absolute Gasteiger partial charge is 0.156 e. The molecular weight excluding hydrogens is 751 g/mol. The van der Waals surface area contributed by atoms with E-state index in [9.17, 15) is 0 Å². The summed E-state index contributed by atoms with van der Waals surface area (Å²) in [4.78, 5) is 1.28. The van der Waals surface area contributed by atoms with Gasteiger partial charge in [-0.25, -0.2) is 10.0 Å². The predicted octanol–water partition coefficient (Wildman–Crippen LogP) is 14.2. The number of benzene rings is 7. The van der Waals surface area contributed by atoms with Crippen LogP contribution in [0.25, 0.3) is 33.4 Å². The minimum Gasteiger partial charge on any atom is -0.493 e. The number of ether oxygens (including phenoxy) is 2. The van der Waals surface area contributed by atoms with Crippen LogP contribution < -0.4 is 13.7 Å². The number of hydrogen-bond acceptors (Lipinski definition) is 5. The van der Waals surface area contributed by atoms with E-state index in [2.05, 4.69) is 137 Å². The Morgan fingerprint density at radius 2 is 0.948 bits per heavy atom. The van der Waals surface area contributed by atoms with Crippen molar-refractivity contribution in [2.24, 2.45) is 0 Å². The summed E-state index contributed by atoms with van der Waals surface area (Å²) in [6.45, 7) is 9.56. The van der Waals surface area contributed by atoms with E-state index in [4.69, 9.17) is 18.9 Å². The Bertz CT molecular complexity index is 2370. The van der Waals surface area contributed by atoms with E-state index in [1.807, 2.05) is 91.9 Å². The van der Waals surface area contributed by atoms with Crippen LogP contribution in [0, 0.1) is 25.2 Å². The molecule has 0 spiro atoms. The first-order chi connectivity index (χ1) is 28.2. The first-order valence-electron chi connectivity index (χ1n) is 19.5. The average Bonchev–Trinajstić information content (AvgIpc) is 3.28. The molecule has 0 unspecified atom stereocenters. The normalized spacial score (nSPS) is 10.8. The Morgan fingerprint density at radius 1 is 0.517 bits per heavy atom. The highest BCUT2D eigenvalue weighted by atomic mass is 32.3. The number of hydrogen-bond donors (Lipinski definition) is 1. The van der Waals surface area contributed by atoms with Crippen LogP contribution in [-0.4, -0.2) is 24.9 Å². The van der Waals surface area contributed by atoms with Crippen molar-refractivity contribution in [3.63, 3.8) is 0 Å². The van der Waals surface area contributed by atoms with Crippen molar-refractivity contribution >= 4 is 22.9 Å². The van der Waals surface area contributed by atoms with Crippen LogP contribution in [-0.2, 0) is 6.61 Å². The van der Waals surface area contributed by atoms with E-state index in [1.54, 1.807) is 0 Å². The third kappa shape index (κ3) is 11.4. The summed E-state index contributed by atoms with van der Waals surface area (Å²) in [5.74, 6) is 3.94. The second-order valence-electron chi connectivity index (χ2n) is 14.1. The molecule has 0 radical (unpaired) electrons. The van der Waals surface area contributed by atoms with Crippen molar-refractivity contribution in [1.29, 1.82) is 5.26 Å². The minimum atomic E-state index is -0.845. The zero-order chi connectivity index (χ0) is 41.3. The third-order valence-electron chi connectivity index (χ3n) is 9.82. The molecule has 7 rings (SSSR count). The van der Waals surface area contributed by atoms with Crippen LogP contribution in [0.2, 0.25) is 0 Å². The molecule has 0 N–H and O–H groups in total. The van der Waals surface area contributed by atoms with E-state index in [0.717, 1.165) is 50.8 Å². The first-order valence-corrected chi connectivity index (χ1v) is 22.4. The quantitative estimate of drug-likeness (QED) is 0.105. The minimum absolute atomic E-state index is 0.483. The fraction of sp³-hybridized carbons (Fsp3) is 0.173. The van der Waals surface area contributed by atoms with E-state index >= 15 is 0 Å². The molecule has 0 saturated heterocycles. The fourth-order valence-corrected chi connectivity index (χ4v) is 8.07. The Hall–Kier alpha value is -5.87. The van der Waals surface area contributed by atoms with E-state index in [1.165, 1.54) is 27.1 Å². The first kappa shape index (κ1) is 43.3. The zero-order valence-corrected chi connectivity index (χ0v) is 36.0. The van der Waals surface area contributed by atoms with Gasteiger partial charge in [-0.15, -0.1) is 0 Å². The van der Waals surface area contributed by atoms with Crippen LogP contribution in [0.3, 0.4) is 0 Å². The van der Waals surface area contributed by atoms with Crippen LogP contribution >= 0.6 is 22.9 Å². The number of rotatable bonds is 11. The highest BCUT2D eigenvalue weighted by molar-refractivity contribution is 8.32.